The van der Waals surface area contributed by atoms with Crippen LogP contribution in [0.4, 0.5) is 5.69 Å². The molecule has 1 heterocycles. The number of imide groups is 1. The van der Waals surface area contributed by atoms with E-state index in [2.05, 4.69) is 119 Å². The average molecular weight is 942 g/mol. The number of carbonyl (C=O) groups is 3. The Bertz CT molecular complexity index is 3500. The highest BCUT2D eigenvalue weighted by Gasteiger charge is 2.40. The predicted molar refractivity (Wildman–Crippen MR) is 287 cm³/mol. The molecular weight excluding hydrogens is 883 g/mol. The van der Waals surface area contributed by atoms with Crippen molar-refractivity contribution in [2.75, 3.05) is 4.90 Å². The van der Waals surface area contributed by atoms with Crippen LogP contribution in [0.25, 0.3) is 43.1 Å². The first-order valence-electron chi connectivity index (χ1n) is 24.2. The van der Waals surface area contributed by atoms with Crippen LogP contribution in [0.1, 0.15) is 136 Å². The molecule has 8 nitrogen and oxygen atoms in total. The van der Waals surface area contributed by atoms with Crippen LogP contribution in [-0.2, 0) is 21.7 Å². The zero-order valence-electron chi connectivity index (χ0n) is 42.5. The molecule has 0 aliphatic carbocycles. The smallest absolute Gasteiger partial charge is 0.335 e. The van der Waals surface area contributed by atoms with Gasteiger partial charge in [-0.05, 0) is 134 Å². The van der Waals surface area contributed by atoms with E-state index < -0.39 is 23.2 Å². The van der Waals surface area contributed by atoms with E-state index in [0.717, 1.165) is 43.8 Å². The monoisotopic (exact) mass is 941 g/mol. The Balaban J connectivity index is 1.31. The standard InChI is InChI=1S/C63H59NO7/c1-60(2,3)36-18-25-40(26-19-36)70-50-33-45-53-46(58(66)64(57(45)65)48-32-38(62(7,8)9)22-30-47(48)63(10,11)12)34-51(71-41-27-20-37(21-28-41)61(4,5)6)55-44-29-31-49(69-39-23-16-35(17-24-39)59(67)68)42-14-13-15-43(52(42)44)54(50)56(53)55/h13-34H,1-12H3,(H,67,68). The molecule has 9 aromatic rings. The molecule has 2 amide bonds. The molecule has 0 radical (unpaired) electrons. The molecule has 0 atom stereocenters. The molecule has 9 aromatic carbocycles. The summed E-state index contributed by atoms with van der Waals surface area (Å²) in [5.74, 6) is 1.14. The molecule has 0 spiro atoms. The number of carbonyl (C=O) groups excluding carboxylic acids is 2. The molecule has 0 saturated heterocycles. The number of anilines is 1. The number of aromatic carboxylic acids is 1. The molecule has 358 valence electrons. The normalized spacial score (nSPS) is 13.5. The van der Waals surface area contributed by atoms with Gasteiger partial charge in [-0.2, -0.15) is 0 Å². The van der Waals surface area contributed by atoms with Gasteiger partial charge in [-0.3, -0.25) is 9.59 Å². The molecular formula is C63H59NO7. The van der Waals surface area contributed by atoms with Gasteiger partial charge in [0.25, 0.3) is 11.8 Å². The lowest BCUT2D eigenvalue weighted by molar-refractivity contribution is 0.0696. The summed E-state index contributed by atoms with van der Waals surface area (Å²) in [6.07, 6.45) is 0. The van der Waals surface area contributed by atoms with Crippen LogP contribution in [0.3, 0.4) is 0 Å². The molecule has 1 N–H and O–H groups in total. The van der Waals surface area contributed by atoms with Crippen LogP contribution >= 0.6 is 0 Å². The largest absolute Gasteiger partial charge is 0.478 e. The number of carboxylic acid groups (broad SMARTS) is 1. The third-order valence-corrected chi connectivity index (χ3v) is 13.9. The summed E-state index contributed by atoms with van der Waals surface area (Å²) in [6.45, 7) is 25.7. The molecule has 0 fully saturated rings. The number of ether oxygens (including phenoxy) is 3. The van der Waals surface area contributed by atoms with Crippen LogP contribution in [-0.4, -0.2) is 22.9 Å². The summed E-state index contributed by atoms with van der Waals surface area (Å²) >= 11 is 0. The van der Waals surface area contributed by atoms with Gasteiger partial charge < -0.3 is 19.3 Å². The van der Waals surface area contributed by atoms with Crippen LogP contribution in [0.2, 0.25) is 0 Å². The van der Waals surface area contributed by atoms with E-state index in [1.165, 1.54) is 17.0 Å². The van der Waals surface area contributed by atoms with Crippen molar-refractivity contribution in [1.29, 1.82) is 0 Å². The van der Waals surface area contributed by atoms with Gasteiger partial charge in [0, 0.05) is 32.3 Å². The number of hydrogen-bond acceptors (Lipinski definition) is 6. The van der Waals surface area contributed by atoms with Crippen molar-refractivity contribution in [3.63, 3.8) is 0 Å². The van der Waals surface area contributed by atoms with Gasteiger partial charge in [-0.25, -0.2) is 9.69 Å². The van der Waals surface area contributed by atoms with E-state index in [4.69, 9.17) is 14.2 Å². The first-order chi connectivity index (χ1) is 33.4. The quantitative estimate of drug-likeness (QED) is 0.0919. The van der Waals surface area contributed by atoms with Crippen LogP contribution in [0.15, 0.2) is 133 Å². The fourth-order valence-corrected chi connectivity index (χ4v) is 9.97. The lowest BCUT2D eigenvalue weighted by atomic mass is 9.79. The Morgan fingerprint density at radius 1 is 0.423 bits per heavy atom. The van der Waals surface area contributed by atoms with Gasteiger partial charge in [-0.1, -0.05) is 138 Å². The molecule has 0 bridgehead atoms. The van der Waals surface area contributed by atoms with E-state index in [-0.39, 0.29) is 21.8 Å². The highest BCUT2D eigenvalue weighted by Crippen LogP contribution is 2.54. The van der Waals surface area contributed by atoms with E-state index >= 15 is 9.59 Å². The molecule has 0 unspecified atom stereocenters. The SMILES string of the molecule is CC(C)(C)c1ccc(Oc2cc3c4c(cc(Oc5ccc(C(C)(C)C)cc5)c5c6ccc(Oc7ccc(C(=O)O)cc7)c7cccc(c2c45)c76)C(=O)N(c2cc(C(C)(C)C)ccc2C(C)(C)C)C3=O)cc1. The minimum atomic E-state index is -1.02. The van der Waals surface area contributed by atoms with Gasteiger partial charge in [0.2, 0.25) is 0 Å². The first-order valence-corrected chi connectivity index (χ1v) is 24.2. The first kappa shape index (κ1) is 47.0. The van der Waals surface area contributed by atoms with Crippen molar-refractivity contribution in [3.05, 3.63) is 172 Å². The second kappa shape index (κ2) is 16.4. The summed E-state index contributed by atoms with van der Waals surface area (Å²) in [6, 6.07) is 42.1. The Morgan fingerprint density at radius 3 is 1.32 bits per heavy atom. The van der Waals surface area contributed by atoms with Crippen molar-refractivity contribution in [2.24, 2.45) is 0 Å². The van der Waals surface area contributed by atoms with E-state index in [9.17, 15) is 9.90 Å². The van der Waals surface area contributed by atoms with Gasteiger partial charge in [0.05, 0.1) is 22.4 Å². The van der Waals surface area contributed by atoms with Gasteiger partial charge in [0.1, 0.15) is 34.5 Å². The highest BCUT2D eigenvalue weighted by molar-refractivity contribution is 6.44. The van der Waals surface area contributed by atoms with Crippen LogP contribution < -0.4 is 19.1 Å². The average Bonchev–Trinajstić information content (AvgIpc) is 3.30. The Labute approximate surface area is 415 Å². The topological polar surface area (TPSA) is 102 Å². The zero-order valence-corrected chi connectivity index (χ0v) is 42.5. The molecule has 1 aliphatic rings. The molecule has 10 rings (SSSR count). The number of carboxylic acids is 1. The number of hydrogen-bond donors (Lipinski definition) is 1. The Hall–Kier alpha value is -7.71. The molecule has 0 saturated carbocycles. The maximum atomic E-state index is 15.7. The molecule has 71 heavy (non-hydrogen) atoms. The van der Waals surface area contributed by atoms with Crippen molar-refractivity contribution in [1.82, 2.24) is 0 Å². The van der Waals surface area contributed by atoms with Gasteiger partial charge in [0.15, 0.2) is 0 Å². The van der Waals surface area contributed by atoms with Crippen molar-refractivity contribution in [3.8, 4) is 34.5 Å². The number of rotatable bonds is 8. The third kappa shape index (κ3) is 8.19. The summed E-state index contributed by atoms with van der Waals surface area (Å²) < 4.78 is 20.7. The Morgan fingerprint density at radius 2 is 0.859 bits per heavy atom. The van der Waals surface area contributed by atoms with Crippen LogP contribution in [0, 0.1) is 0 Å². The second-order valence-electron chi connectivity index (χ2n) is 23.0. The maximum absolute atomic E-state index is 15.7. The van der Waals surface area contributed by atoms with E-state index in [0.29, 0.717) is 72.9 Å². The van der Waals surface area contributed by atoms with Crippen molar-refractivity contribution < 1.29 is 33.7 Å². The second-order valence-corrected chi connectivity index (χ2v) is 23.0. The number of nitrogens with zero attached hydrogens (tertiary/aromatic N) is 1. The van der Waals surface area contributed by atoms with Gasteiger partial charge in [-0.15, -0.1) is 0 Å². The summed E-state index contributed by atoms with van der Waals surface area (Å²) in [5.41, 5.74) is 4.62. The number of benzene rings is 9. The molecule has 8 heteroatoms. The van der Waals surface area contributed by atoms with Crippen molar-refractivity contribution in [2.45, 2.75) is 105 Å². The van der Waals surface area contributed by atoms with E-state index in [1.807, 2.05) is 72.8 Å². The summed E-state index contributed by atoms with van der Waals surface area (Å²) in [7, 11) is 0. The number of fused-ring (bicyclic) bond motifs is 2. The fourth-order valence-electron chi connectivity index (χ4n) is 9.97. The fraction of sp³-hybridized carbons (Fsp3) is 0.254. The molecule has 1 aliphatic heterocycles. The predicted octanol–water partition coefficient (Wildman–Crippen LogP) is 16.8. The van der Waals surface area contributed by atoms with Crippen LogP contribution in [0.5, 0.6) is 34.5 Å². The summed E-state index contributed by atoms with van der Waals surface area (Å²) in [4.78, 5) is 44.5. The lowest BCUT2D eigenvalue weighted by Gasteiger charge is -2.34. The minimum absolute atomic E-state index is 0.0948. The lowest BCUT2D eigenvalue weighted by Crippen LogP contribution is -2.42. The molecule has 0 aromatic heterocycles. The minimum Gasteiger partial charge on any atom is -0.478 e. The zero-order chi connectivity index (χ0) is 50.7. The number of amides is 2. The van der Waals surface area contributed by atoms with Crippen molar-refractivity contribution >= 4 is 66.6 Å². The van der Waals surface area contributed by atoms with E-state index in [1.54, 1.807) is 12.1 Å². The summed E-state index contributed by atoms with van der Waals surface area (Å²) in [5, 5.41) is 15.5. The third-order valence-electron chi connectivity index (χ3n) is 13.9. The highest BCUT2D eigenvalue weighted by atomic mass is 16.5. The van der Waals surface area contributed by atoms with Gasteiger partial charge >= 0.3 is 5.97 Å². The maximum Gasteiger partial charge on any atom is 0.335 e. The Kier molecular flexibility index (Phi) is 10.9.